The van der Waals surface area contributed by atoms with Crippen LogP contribution in [0, 0.1) is 5.92 Å². The van der Waals surface area contributed by atoms with E-state index >= 15 is 0 Å². The van der Waals surface area contributed by atoms with E-state index in [0.717, 1.165) is 24.6 Å². The Balaban J connectivity index is 2.55. The lowest BCUT2D eigenvalue weighted by atomic mass is 10.1. The largest absolute Gasteiger partial charge is 0.279 e. The Morgan fingerprint density at radius 3 is 2.75 bits per heavy atom. The summed E-state index contributed by atoms with van der Waals surface area (Å²) in [4.78, 5) is 0. The van der Waals surface area contributed by atoms with Crippen LogP contribution in [-0.2, 0) is 10.2 Å². The van der Waals surface area contributed by atoms with Gasteiger partial charge in [-0.25, -0.2) is 4.72 Å². The predicted octanol–water partition coefficient (Wildman–Crippen LogP) is 1.73. The van der Waals surface area contributed by atoms with Crippen molar-refractivity contribution < 1.29 is 8.42 Å². The Hall–Kier alpha value is 0.350. The summed E-state index contributed by atoms with van der Waals surface area (Å²) in [5.41, 5.74) is 0. The summed E-state index contributed by atoms with van der Waals surface area (Å²) in [6, 6.07) is 0.130. The highest BCUT2D eigenvalue weighted by Crippen LogP contribution is 2.19. The van der Waals surface area contributed by atoms with Gasteiger partial charge in [-0.1, -0.05) is 29.3 Å². The summed E-state index contributed by atoms with van der Waals surface area (Å²) in [5.74, 6) is 0.315. The molecule has 0 amide bonds. The maximum Gasteiger partial charge on any atom is 0.279 e. The predicted molar refractivity (Wildman–Crippen MR) is 69.9 cm³/mol. The molecule has 0 aliphatic carbocycles. The monoisotopic (exact) mass is 312 g/mol. The molecule has 0 aromatic carbocycles. The van der Waals surface area contributed by atoms with E-state index in [1.54, 1.807) is 4.31 Å². The van der Waals surface area contributed by atoms with Crippen LogP contribution in [0.25, 0.3) is 0 Å². The van der Waals surface area contributed by atoms with Crippen LogP contribution in [0.15, 0.2) is 0 Å². The van der Waals surface area contributed by atoms with E-state index in [4.69, 9.17) is 0 Å². The molecule has 0 spiro atoms. The van der Waals surface area contributed by atoms with Gasteiger partial charge in [0.1, 0.15) is 0 Å². The minimum Gasteiger partial charge on any atom is -0.202 e. The van der Waals surface area contributed by atoms with Gasteiger partial charge in [0.2, 0.25) is 0 Å². The number of nitrogens with one attached hydrogen (secondary N) is 1. The van der Waals surface area contributed by atoms with Crippen LogP contribution >= 0.6 is 15.9 Å². The van der Waals surface area contributed by atoms with Gasteiger partial charge in [-0.2, -0.15) is 12.7 Å². The number of piperidine rings is 1. The Kier molecular flexibility index (Phi) is 5.70. The van der Waals surface area contributed by atoms with Crippen LogP contribution in [-0.4, -0.2) is 37.2 Å². The number of alkyl halides is 1. The van der Waals surface area contributed by atoms with Gasteiger partial charge < -0.3 is 0 Å². The molecule has 1 aliphatic heterocycles. The normalized spacial score (nSPS) is 25.6. The topological polar surface area (TPSA) is 49.4 Å². The molecule has 1 heterocycles. The highest BCUT2D eigenvalue weighted by Gasteiger charge is 2.29. The lowest BCUT2D eigenvalue weighted by molar-refractivity contribution is 0.265. The van der Waals surface area contributed by atoms with Crippen LogP contribution < -0.4 is 4.72 Å². The first kappa shape index (κ1) is 14.4. The molecule has 1 fully saturated rings. The Morgan fingerprint density at radius 2 is 2.19 bits per heavy atom. The smallest absolute Gasteiger partial charge is 0.202 e. The van der Waals surface area contributed by atoms with Crippen molar-refractivity contribution in [3.8, 4) is 0 Å². The van der Waals surface area contributed by atoms with Crippen LogP contribution in [0.4, 0.5) is 0 Å². The van der Waals surface area contributed by atoms with Gasteiger partial charge in [0.25, 0.3) is 10.2 Å². The first-order chi connectivity index (χ1) is 7.47. The Morgan fingerprint density at radius 1 is 1.50 bits per heavy atom. The molecule has 1 saturated heterocycles. The molecule has 0 aromatic rings. The molecule has 1 rings (SSSR count). The van der Waals surface area contributed by atoms with E-state index in [-0.39, 0.29) is 6.04 Å². The van der Waals surface area contributed by atoms with E-state index in [9.17, 15) is 8.42 Å². The zero-order chi connectivity index (χ0) is 12.2. The summed E-state index contributed by atoms with van der Waals surface area (Å²) in [7, 11) is -3.28. The average molecular weight is 313 g/mol. The zero-order valence-electron chi connectivity index (χ0n) is 9.95. The molecular formula is C10H21BrN2O2S. The Labute approximate surface area is 107 Å². The lowest BCUT2D eigenvalue weighted by Gasteiger charge is -2.32. The van der Waals surface area contributed by atoms with Crippen molar-refractivity contribution in [2.24, 2.45) is 5.92 Å². The first-order valence-electron chi connectivity index (χ1n) is 5.79. The highest BCUT2D eigenvalue weighted by atomic mass is 79.9. The molecule has 6 heteroatoms. The molecule has 1 N–H and O–H groups in total. The molecule has 1 aliphatic rings. The number of hydrogen-bond acceptors (Lipinski definition) is 2. The van der Waals surface area contributed by atoms with E-state index in [2.05, 4.69) is 20.7 Å². The third kappa shape index (κ3) is 3.98. The number of halogens is 1. The molecule has 16 heavy (non-hydrogen) atoms. The minimum absolute atomic E-state index is 0.130. The summed E-state index contributed by atoms with van der Waals surface area (Å²) in [5, 5.41) is 0.811. The van der Waals surface area contributed by atoms with Crippen molar-refractivity contribution in [3.05, 3.63) is 0 Å². The summed E-state index contributed by atoms with van der Waals surface area (Å²) in [6.45, 7) is 5.14. The molecule has 4 nitrogen and oxygen atoms in total. The second-order valence-corrected chi connectivity index (χ2v) is 6.92. The number of hydrogen-bond donors (Lipinski definition) is 1. The Bertz CT molecular complexity index is 308. The second-order valence-electron chi connectivity index (χ2n) is 4.57. The van der Waals surface area contributed by atoms with Crippen LogP contribution in [0.3, 0.4) is 0 Å². The molecule has 0 bridgehead atoms. The molecule has 0 aromatic heterocycles. The van der Waals surface area contributed by atoms with Gasteiger partial charge in [0.05, 0.1) is 0 Å². The van der Waals surface area contributed by atoms with Crippen molar-refractivity contribution >= 4 is 26.1 Å². The zero-order valence-corrected chi connectivity index (χ0v) is 12.3. The standard InChI is InChI=1S/C10H21BrN2O2S/c1-9(7-11)8-12-16(14,15)13-6-4-3-5-10(13)2/h9-10,12H,3-8H2,1-2H3. The fourth-order valence-corrected chi connectivity index (χ4v) is 3.65. The van der Waals surface area contributed by atoms with Crippen LogP contribution in [0.1, 0.15) is 33.1 Å². The van der Waals surface area contributed by atoms with Gasteiger partial charge in [0.15, 0.2) is 0 Å². The van der Waals surface area contributed by atoms with Gasteiger partial charge in [0, 0.05) is 24.5 Å². The SMILES string of the molecule is CC(CBr)CNS(=O)(=O)N1CCCCC1C. The fraction of sp³-hybridized carbons (Fsp3) is 1.00. The fourth-order valence-electron chi connectivity index (χ4n) is 1.81. The third-order valence-corrected chi connectivity index (χ3v) is 5.73. The number of nitrogens with zero attached hydrogens (tertiary/aromatic N) is 1. The van der Waals surface area contributed by atoms with Gasteiger partial charge in [-0.15, -0.1) is 0 Å². The molecule has 2 unspecified atom stereocenters. The van der Waals surface area contributed by atoms with Crippen molar-refractivity contribution in [1.29, 1.82) is 0 Å². The minimum atomic E-state index is -3.28. The maximum atomic E-state index is 12.0. The third-order valence-electron chi connectivity index (χ3n) is 2.93. The van der Waals surface area contributed by atoms with Gasteiger partial charge in [-0.3, -0.25) is 0 Å². The highest BCUT2D eigenvalue weighted by molar-refractivity contribution is 9.09. The van der Waals surface area contributed by atoms with E-state index in [0.29, 0.717) is 19.0 Å². The lowest BCUT2D eigenvalue weighted by Crippen LogP contribution is -2.48. The average Bonchev–Trinajstić information content (AvgIpc) is 2.26. The van der Waals surface area contributed by atoms with Crippen molar-refractivity contribution in [2.45, 2.75) is 39.2 Å². The van der Waals surface area contributed by atoms with E-state index in [1.807, 2.05) is 13.8 Å². The van der Waals surface area contributed by atoms with E-state index < -0.39 is 10.2 Å². The van der Waals surface area contributed by atoms with Crippen molar-refractivity contribution in [1.82, 2.24) is 9.03 Å². The summed E-state index contributed by atoms with van der Waals surface area (Å²) >= 11 is 3.34. The van der Waals surface area contributed by atoms with Crippen LogP contribution in [0.5, 0.6) is 0 Å². The van der Waals surface area contributed by atoms with E-state index in [1.165, 1.54) is 0 Å². The molecule has 0 radical (unpaired) electrons. The summed E-state index contributed by atoms with van der Waals surface area (Å²) < 4.78 is 28.3. The molecular weight excluding hydrogens is 292 g/mol. The first-order valence-corrected chi connectivity index (χ1v) is 8.36. The number of rotatable bonds is 5. The second kappa shape index (κ2) is 6.33. The van der Waals surface area contributed by atoms with Crippen LogP contribution in [0.2, 0.25) is 0 Å². The summed E-state index contributed by atoms with van der Waals surface area (Å²) in [6.07, 6.45) is 3.07. The van der Waals surface area contributed by atoms with Gasteiger partial charge >= 0.3 is 0 Å². The molecule has 0 saturated carbocycles. The van der Waals surface area contributed by atoms with Gasteiger partial charge in [-0.05, 0) is 25.7 Å². The maximum absolute atomic E-state index is 12.0. The van der Waals surface area contributed by atoms with Crippen molar-refractivity contribution in [2.75, 3.05) is 18.4 Å². The van der Waals surface area contributed by atoms with Crippen molar-refractivity contribution in [3.63, 3.8) is 0 Å². The molecule has 96 valence electrons. The quantitative estimate of drug-likeness (QED) is 0.786. The molecule has 2 atom stereocenters.